The summed E-state index contributed by atoms with van der Waals surface area (Å²) >= 11 is 0. The number of carboxylic acids is 1. The van der Waals surface area contributed by atoms with E-state index in [1.54, 1.807) is 42.5 Å². The Morgan fingerprint density at radius 1 is 0.833 bits per heavy atom. The van der Waals surface area contributed by atoms with E-state index in [1.165, 1.54) is 29.2 Å². The predicted octanol–water partition coefficient (Wildman–Crippen LogP) is 6.53. The number of hydrogen-bond donors (Lipinski definition) is 2. The Bertz CT molecular complexity index is 1590. The summed E-state index contributed by atoms with van der Waals surface area (Å²) in [7, 11) is 3.80. The van der Waals surface area contributed by atoms with Crippen molar-refractivity contribution in [1.82, 2.24) is 4.90 Å². The largest absolute Gasteiger partial charge is 0.480 e. The summed E-state index contributed by atoms with van der Waals surface area (Å²) in [5, 5.41) is 13.5. The second kappa shape index (κ2) is 11.9. The number of aliphatic carboxylic acids is 1. The van der Waals surface area contributed by atoms with Gasteiger partial charge in [-0.1, -0.05) is 66.2 Å². The number of likely N-dealkylation sites (tertiary alicyclic amines) is 1. The molecule has 1 fully saturated rings. The van der Waals surface area contributed by atoms with Crippen molar-refractivity contribution in [3.05, 3.63) is 131 Å². The van der Waals surface area contributed by atoms with Gasteiger partial charge >= 0.3 is 12.0 Å². The van der Waals surface area contributed by atoms with Gasteiger partial charge in [-0.3, -0.25) is 4.79 Å². The number of amides is 2. The van der Waals surface area contributed by atoms with Crippen LogP contribution in [0.15, 0.2) is 103 Å². The van der Waals surface area contributed by atoms with Gasteiger partial charge in [0.1, 0.15) is 11.9 Å². The molecule has 42 heavy (non-hydrogen) atoms. The third kappa shape index (κ3) is 5.61. The molecule has 0 aliphatic carbocycles. The van der Waals surface area contributed by atoms with Crippen LogP contribution in [0, 0.1) is 18.7 Å². The molecule has 0 spiro atoms. The second-order valence-electron chi connectivity index (χ2n) is 10.8. The van der Waals surface area contributed by atoms with E-state index in [1.807, 2.05) is 62.3 Å². The molecular weight excluding hydrogens is 533 g/mol. The normalized spacial score (nSPS) is 19.8. The SMILES string of the molecule is Cc1cccc(C(=O)C2C(c3ccc(F)cc3)C(C(=O)O)N(C(=O)Nc3ccccc3)C2c2ccc(N(C)C)cc2)c1. The maximum atomic E-state index is 14.5. The number of rotatable bonds is 7. The molecule has 7 nitrogen and oxygen atoms in total. The van der Waals surface area contributed by atoms with E-state index in [4.69, 9.17) is 0 Å². The van der Waals surface area contributed by atoms with Crippen LogP contribution in [0.25, 0.3) is 0 Å². The standard InChI is InChI=1S/C34H32FN3O4/c1-21-8-7-9-24(20-21)32(39)29-28(22-12-16-25(35)17-13-22)31(33(40)41)38(34(42)36-26-10-5-4-6-11-26)30(29)23-14-18-27(19-15-23)37(2)3/h4-20,28-31H,1-3H3,(H,36,42)(H,40,41). The molecule has 0 radical (unpaired) electrons. The Kier molecular flexibility index (Phi) is 8.06. The van der Waals surface area contributed by atoms with Gasteiger partial charge in [0.05, 0.1) is 12.0 Å². The lowest BCUT2D eigenvalue weighted by Crippen LogP contribution is -2.45. The number of anilines is 2. The lowest BCUT2D eigenvalue weighted by atomic mass is 9.76. The summed E-state index contributed by atoms with van der Waals surface area (Å²) in [6.45, 7) is 1.88. The molecule has 1 saturated heterocycles. The average Bonchev–Trinajstić information content (AvgIpc) is 3.34. The molecule has 4 aromatic rings. The van der Waals surface area contributed by atoms with Crippen molar-refractivity contribution in [2.45, 2.75) is 24.9 Å². The fourth-order valence-corrected chi connectivity index (χ4v) is 5.86. The number of Topliss-reactive ketones (excluding diaryl/α,β-unsaturated/α-hetero) is 1. The molecule has 0 aromatic heterocycles. The Labute approximate surface area is 244 Å². The van der Waals surface area contributed by atoms with E-state index in [9.17, 15) is 23.9 Å². The summed E-state index contributed by atoms with van der Waals surface area (Å²) in [4.78, 5) is 44.8. The molecule has 1 aliphatic heterocycles. The van der Waals surface area contributed by atoms with Gasteiger partial charge in [0.2, 0.25) is 0 Å². The van der Waals surface area contributed by atoms with Crippen molar-refractivity contribution in [2.75, 3.05) is 24.3 Å². The number of benzene rings is 4. The van der Waals surface area contributed by atoms with Crippen LogP contribution in [0.5, 0.6) is 0 Å². The summed E-state index contributed by atoms with van der Waals surface area (Å²) < 4.78 is 14.0. The zero-order chi connectivity index (χ0) is 30.0. The Morgan fingerprint density at radius 3 is 2.07 bits per heavy atom. The number of nitrogens with zero attached hydrogens (tertiary/aromatic N) is 2. The number of halogens is 1. The second-order valence-corrected chi connectivity index (χ2v) is 10.8. The smallest absolute Gasteiger partial charge is 0.327 e. The molecule has 1 aliphatic rings. The molecule has 214 valence electrons. The minimum atomic E-state index is -1.42. The molecule has 0 bridgehead atoms. The van der Waals surface area contributed by atoms with Crippen molar-refractivity contribution < 1.29 is 23.9 Å². The van der Waals surface area contributed by atoms with Gasteiger partial charge < -0.3 is 20.2 Å². The minimum Gasteiger partial charge on any atom is -0.480 e. The number of para-hydroxylation sites is 1. The minimum absolute atomic E-state index is 0.295. The van der Waals surface area contributed by atoms with Gasteiger partial charge in [-0.05, 0) is 60.5 Å². The van der Waals surface area contributed by atoms with Crippen LogP contribution in [-0.4, -0.2) is 47.9 Å². The number of nitrogens with one attached hydrogen (secondary N) is 1. The summed E-state index contributed by atoms with van der Waals surface area (Å²) in [6, 6.07) is 25.7. The van der Waals surface area contributed by atoms with Gasteiger partial charge in [-0.25, -0.2) is 14.0 Å². The van der Waals surface area contributed by atoms with Crippen molar-refractivity contribution >= 4 is 29.2 Å². The Balaban J connectivity index is 1.73. The van der Waals surface area contributed by atoms with Crippen LogP contribution in [0.2, 0.25) is 0 Å². The highest BCUT2D eigenvalue weighted by Gasteiger charge is 2.57. The highest BCUT2D eigenvalue weighted by atomic mass is 19.1. The van der Waals surface area contributed by atoms with Crippen molar-refractivity contribution in [1.29, 1.82) is 0 Å². The summed E-state index contributed by atoms with van der Waals surface area (Å²) in [6.07, 6.45) is 0. The van der Waals surface area contributed by atoms with E-state index < -0.39 is 41.7 Å². The molecular formula is C34H32FN3O4. The van der Waals surface area contributed by atoms with Crippen LogP contribution in [0.4, 0.5) is 20.6 Å². The highest BCUT2D eigenvalue weighted by Crippen LogP contribution is 2.51. The van der Waals surface area contributed by atoms with Crippen LogP contribution in [-0.2, 0) is 4.79 Å². The Hall–Kier alpha value is -4.98. The van der Waals surface area contributed by atoms with Crippen molar-refractivity contribution in [2.24, 2.45) is 5.92 Å². The number of aryl methyl sites for hydroxylation is 1. The highest BCUT2D eigenvalue weighted by molar-refractivity contribution is 6.02. The zero-order valence-electron chi connectivity index (χ0n) is 23.6. The van der Waals surface area contributed by atoms with Crippen LogP contribution >= 0.6 is 0 Å². The number of carbonyl (C=O) groups excluding carboxylic acids is 2. The van der Waals surface area contributed by atoms with Gasteiger partial charge in [-0.15, -0.1) is 0 Å². The third-order valence-electron chi connectivity index (χ3n) is 7.79. The first-order valence-corrected chi connectivity index (χ1v) is 13.7. The average molecular weight is 566 g/mol. The zero-order valence-corrected chi connectivity index (χ0v) is 23.6. The molecule has 2 amide bonds. The molecule has 2 N–H and O–H groups in total. The van der Waals surface area contributed by atoms with E-state index in [0.29, 0.717) is 22.4 Å². The van der Waals surface area contributed by atoms with Crippen LogP contribution in [0.3, 0.4) is 0 Å². The van der Waals surface area contributed by atoms with E-state index >= 15 is 0 Å². The van der Waals surface area contributed by atoms with Crippen molar-refractivity contribution in [3.8, 4) is 0 Å². The fraction of sp³-hybridized carbons (Fsp3) is 0.206. The molecule has 8 heteroatoms. The van der Waals surface area contributed by atoms with E-state index in [2.05, 4.69) is 5.32 Å². The van der Waals surface area contributed by atoms with Gasteiger partial charge in [-0.2, -0.15) is 0 Å². The third-order valence-corrected chi connectivity index (χ3v) is 7.79. The number of ketones is 1. The van der Waals surface area contributed by atoms with E-state index in [-0.39, 0.29) is 5.78 Å². The van der Waals surface area contributed by atoms with Gasteiger partial charge in [0.25, 0.3) is 0 Å². The van der Waals surface area contributed by atoms with Gasteiger partial charge in [0, 0.05) is 37.0 Å². The topological polar surface area (TPSA) is 90.0 Å². The molecule has 1 heterocycles. The first-order chi connectivity index (χ1) is 20.2. The lowest BCUT2D eigenvalue weighted by molar-refractivity contribution is -0.142. The number of hydrogen-bond acceptors (Lipinski definition) is 4. The molecule has 4 atom stereocenters. The summed E-state index contributed by atoms with van der Waals surface area (Å²) in [5.41, 5.74) is 3.75. The first-order valence-electron chi connectivity index (χ1n) is 13.7. The van der Waals surface area contributed by atoms with Gasteiger partial charge in [0.15, 0.2) is 5.78 Å². The fourth-order valence-electron chi connectivity index (χ4n) is 5.86. The Morgan fingerprint density at radius 2 is 1.48 bits per heavy atom. The predicted molar refractivity (Wildman–Crippen MR) is 160 cm³/mol. The van der Waals surface area contributed by atoms with Crippen LogP contribution in [0.1, 0.15) is 39.0 Å². The lowest BCUT2D eigenvalue weighted by Gasteiger charge is -2.30. The first kappa shape index (κ1) is 28.5. The molecule has 0 saturated carbocycles. The van der Waals surface area contributed by atoms with E-state index in [0.717, 1.165) is 11.3 Å². The quantitative estimate of drug-likeness (QED) is 0.249. The monoisotopic (exact) mass is 565 g/mol. The number of carboxylic acid groups (broad SMARTS) is 1. The maximum absolute atomic E-state index is 14.5. The number of carbonyl (C=O) groups is 3. The number of urea groups is 1. The molecule has 5 rings (SSSR count). The molecule has 4 aromatic carbocycles. The summed E-state index contributed by atoms with van der Waals surface area (Å²) in [5.74, 6) is -3.99. The van der Waals surface area contributed by atoms with Crippen molar-refractivity contribution in [3.63, 3.8) is 0 Å². The van der Waals surface area contributed by atoms with Crippen LogP contribution < -0.4 is 10.2 Å². The molecule has 4 unspecified atom stereocenters. The maximum Gasteiger partial charge on any atom is 0.327 e.